The molecular weight excluding hydrogens is 535 g/mol. The van der Waals surface area contributed by atoms with Crippen LogP contribution in [0.25, 0.3) is 0 Å². The number of hydrogen-bond acceptors (Lipinski definition) is 12. The SMILES string of the molecule is FCCOCCOCCOCCOCCOCCOCCOCCOCCOCCOCCOC1CCCCO1. The van der Waals surface area contributed by atoms with Crippen molar-refractivity contribution in [2.24, 2.45) is 0 Å². The highest BCUT2D eigenvalue weighted by molar-refractivity contribution is 4.53. The molecule has 1 atom stereocenters. The second-order valence-electron chi connectivity index (χ2n) is 8.48. The molecule has 1 unspecified atom stereocenters. The van der Waals surface area contributed by atoms with Gasteiger partial charge in [-0.2, -0.15) is 0 Å². The molecule has 1 aliphatic rings. The van der Waals surface area contributed by atoms with E-state index in [2.05, 4.69) is 0 Å². The van der Waals surface area contributed by atoms with Crippen molar-refractivity contribution in [3.8, 4) is 0 Å². The predicted octanol–water partition coefficient (Wildman–Crippen LogP) is 1.67. The Morgan fingerprint density at radius 3 is 0.975 bits per heavy atom. The number of rotatable bonds is 33. The summed E-state index contributed by atoms with van der Waals surface area (Å²) in [5.74, 6) is 0. The second kappa shape index (κ2) is 33.0. The molecule has 1 saturated heterocycles. The van der Waals surface area contributed by atoms with E-state index < -0.39 is 6.67 Å². The Morgan fingerprint density at radius 2 is 0.700 bits per heavy atom. The Balaban J connectivity index is 1.60. The van der Waals surface area contributed by atoms with E-state index in [4.69, 9.17) is 56.8 Å². The molecule has 0 aromatic carbocycles. The summed E-state index contributed by atoms with van der Waals surface area (Å²) in [5, 5.41) is 0. The molecule has 0 amide bonds. The zero-order chi connectivity index (χ0) is 28.4. The van der Waals surface area contributed by atoms with Gasteiger partial charge in [0.25, 0.3) is 0 Å². The lowest BCUT2D eigenvalue weighted by molar-refractivity contribution is -0.169. The van der Waals surface area contributed by atoms with E-state index >= 15 is 0 Å². The van der Waals surface area contributed by atoms with Gasteiger partial charge in [-0.3, -0.25) is 0 Å². The molecule has 0 aromatic rings. The van der Waals surface area contributed by atoms with Gasteiger partial charge in [0.1, 0.15) is 6.67 Å². The molecule has 0 aliphatic carbocycles. The van der Waals surface area contributed by atoms with E-state index in [-0.39, 0.29) is 12.9 Å². The van der Waals surface area contributed by atoms with E-state index in [1.165, 1.54) is 0 Å². The van der Waals surface area contributed by atoms with Crippen LogP contribution in [0.15, 0.2) is 0 Å². The van der Waals surface area contributed by atoms with Crippen LogP contribution in [-0.4, -0.2) is 158 Å². The quantitative estimate of drug-likeness (QED) is 0.104. The van der Waals surface area contributed by atoms with Crippen LogP contribution in [-0.2, 0) is 56.8 Å². The third kappa shape index (κ3) is 29.0. The van der Waals surface area contributed by atoms with Gasteiger partial charge in [0, 0.05) is 6.61 Å². The molecule has 0 N–H and O–H groups in total. The molecule has 1 rings (SSSR count). The fourth-order valence-electron chi connectivity index (χ4n) is 3.22. The Kier molecular flexibility index (Phi) is 30.9. The van der Waals surface area contributed by atoms with Gasteiger partial charge in [-0.15, -0.1) is 0 Å². The Hall–Kier alpha value is -0.550. The standard InChI is InChI=1S/C27H53FO12/c28-4-6-29-7-8-30-9-10-31-11-12-32-13-14-33-15-16-34-17-18-35-19-20-36-21-22-37-23-24-38-25-26-40-27-3-1-2-5-39-27/h27H,1-26H2. The maximum atomic E-state index is 11.8. The Bertz CT molecular complexity index is 475. The summed E-state index contributed by atoms with van der Waals surface area (Å²) in [4.78, 5) is 0. The van der Waals surface area contributed by atoms with Gasteiger partial charge in [-0.1, -0.05) is 0 Å². The minimum absolute atomic E-state index is 0.0665. The topological polar surface area (TPSA) is 111 Å². The van der Waals surface area contributed by atoms with Gasteiger partial charge in [-0.05, 0) is 19.3 Å². The summed E-state index contributed by atoms with van der Waals surface area (Å²) in [7, 11) is 0. The van der Waals surface area contributed by atoms with E-state index in [1.54, 1.807) is 0 Å². The van der Waals surface area contributed by atoms with Crippen molar-refractivity contribution in [1.29, 1.82) is 0 Å². The molecule has 0 aromatic heterocycles. The molecule has 13 heteroatoms. The lowest BCUT2D eigenvalue weighted by atomic mass is 10.2. The number of halogens is 1. The van der Waals surface area contributed by atoms with E-state index in [0.717, 1.165) is 25.9 Å². The normalized spacial score (nSPS) is 15.7. The Morgan fingerprint density at radius 1 is 0.400 bits per heavy atom. The van der Waals surface area contributed by atoms with Crippen molar-refractivity contribution in [2.75, 3.05) is 152 Å². The van der Waals surface area contributed by atoms with Gasteiger partial charge in [-0.25, -0.2) is 4.39 Å². The first-order valence-electron chi connectivity index (χ1n) is 14.5. The highest BCUT2D eigenvalue weighted by Gasteiger charge is 2.13. The summed E-state index contributed by atoms with van der Waals surface area (Å²) in [6.45, 7) is 10.5. The maximum Gasteiger partial charge on any atom is 0.157 e. The highest BCUT2D eigenvalue weighted by atomic mass is 19.1. The monoisotopic (exact) mass is 588 g/mol. The smallest absolute Gasteiger partial charge is 0.157 e. The third-order valence-electron chi connectivity index (χ3n) is 5.24. The summed E-state index contributed by atoms with van der Waals surface area (Å²) < 4.78 is 76.7. The summed E-state index contributed by atoms with van der Waals surface area (Å²) in [5.41, 5.74) is 0. The molecular formula is C27H53FO12. The van der Waals surface area contributed by atoms with E-state index in [1.807, 2.05) is 0 Å². The van der Waals surface area contributed by atoms with Gasteiger partial charge in [0.15, 0.2) is 6.29 Å². The fourth-order valence-corrected chi connectivity index (χ4v) is 3.22. The molecule has 1 fully saturated rings. The van der Waals surface area contributed by atoms with Crippen molar-refractivity contribution < 1.29 is 61.2 Å². The Labute approximate surface area is 239 Å². The molecule has 0 spiro atoms. The summed E-state index contributed by atoms with van der Waals surface area (Å²) in [6, 6.07) is 0. The van der Waals surface area contributed by atoms with Gasteiger partial charge < -0.3 is 56.8 Å². The van der Waals surface area contributed by atoms with E-state index in [9.17, 15) is 4.39 Å². The van der Waals surface area contributed by atoms with Gasteiger partial charge in [0.05, 0.1) is 139 Å². The van der Waals surface area contributed by atoms with Crippen molar-refractivity contribution in [3.05, 3.63) is 0 Å². The molecule has 0 bridgehead atoms. The minimum atomic E-state index is -0.473. The zero-order valence-corrected chi connectivity index (χ0v) is 24.2. The molecule has 40 heavy (non-hydrogen) atoms. The van der Waals surface area contributed by atoms with Gasteiger partial charge >= 0.3 is 0 Å². The predicted molar refractivity (Wildman–Crippen MR) is 144 cm³/mol. The van der Waals surface area contributed by atoms with Crippen LogP contribution in [0.4, 0.5) is 4.39 Å². The van der Waals surface area contributed by atoms with Crippen LogP contribution in [0.5, 0.6) is 0 Å². The largest absolute Gasteiger partial charge is 0.377 e. The molecule has 240 valence electrons. The van der Waals surface area contributed by atoms with Gasteiger partial charge in [0.2, 0.25) is 0 Å². The number of alkyl halides is 1. The lowest BCUT2D eigenvalue weighted by Gasteiger charge is -2.22. The second-order valence-corrected chi connectivity index (χ2v) is 8.48. The average molecular weight is 589 g/mol. The highest BCUT2D eigenvalue weighted by Crippen LogP contribution is 2.13. The molecule has 12 nitrogen and oxygen atoms in total. The van der Waals surface area contributed by atoms with Crippen LogP contribution in [0, 0.1) is 0 Å². The first-order chi connectivity index (χ1) is 19.9. The first kappa shape index (κ1) is 37.5. The molecule has 0 saturated carbocycles. The molecule has 0 radical (unpaired) electrons. The van der Waals surface area contributed by atoms with Crippen LogP contribution in [0.3, 0.4) is 0 Å². The van der Waals surface area contributed by atoms with Crippen molar-refractivity contribution >= 4 is 0 Å². The van der Waals surface area contributed by atoms with Crippen LogP contribution < -0.4 is 0 Å². The molecule has 1 aliphatic heterocycles. The number of ether oxygens (including phenoxy) is 12. The zero-order valence-electron chi connectivity index (χ0n) is 24.2. The van der Waals surface area contributed by atoms with Crippen LogP contribution >= 0.6 is 0 Å². The molecule has 1 heterocycles. The van der Waals surface area contributed by atoms with Crippen LogP contribution in [0.2, 0.25) is 0 Å². The van der Waals surface area contributed by atoms with Crippen molar-refractivity contribution in [3.63, 3.8) is 0 Å². The minimum Gasteiger partial charge on any atom is -0.377 e. The number of hydrogen-bond donors (Lipinski definition) is 0. The van der Waals surface area contributed by atoms with Crippen LogP contribution in [0.1, 0.15) is 19.3 Å². The first-order valence-corrected chi connectivity index (χ1v) is 14.5. The van der Waals surface area contributed by atoms with Crippen molar-refractivity contribution in [1.82, 2.24) is 0 Å². The lowest BCUT2D eigenvalue weighted by Crippen LogP contribution is -2.24. The van der Waals surface area contributed by atoms with Crippen molar-refractivity contribution in [2.45, 2.75) is 25.6 Å². The maximum absolute atomic E-state index is 11.8. The fraction of sp³-hybridized carbons (Fsp3) is 1.00. The summed E-state index contributed by atoms with van der Waals surface area (Å²) in [6.07, 6.45) is 3.19. The summed E-state index contributed by atoms with van der Waals surface area (Å²) >= 11 is 0. The average Bonchev–Trinajstić information content (AvgIpc) is 2.98. The van der Waals surface area contributed by atoms with E-state index in [0.29, 0.717) is 132 Å². The third-order valence-corrected chi connectivity index (χ3v) is 5.24.